The molecule has 0 radical (unpaired) electrons. The zero-order valence-corrected chi connectivity index (χ0v) is 8.97. The number of hydrogen-bond acceptors (Lipinski definition) is 2. The molecule has 0 saturated heterocycles. The second kappa shape index (κ2) is 3.95. The minimum atomic E-state index is 0.603. The summed E-state index contributed by atoms with van der Waals surface area (Å²) in [5, 5.41) is 2.12. The van der Waals surface area contributed by atoms with Gasteiger partial charge in [0.25, 0.3) is 0 Å². The van der Waals surface area contributed by atoms with Crippen LogP contribution in [0.25, 0.3) is 11.1 Å². The minimum Gasteiger partial charge on any atom is -0.326 e. The SMILES string of the molecule is Cc1sccc1-c1ccccc1CN. The van der Waals surface area contributed by atoms with E-state index in [0.29, 0.717) is 6.54 Å². The minimum absolute atomic E-state index is 0.603. The lowest BCUT2D eigenvalue weighted by Crippen LogP contribution is -1.98. The summed E-state index contributed by atoms with van der Waals surface area (Å²) in [5.41, 5.74) is 9.51. The van der Waals surface area contributed by atoms with Crippen molar-refractivity contribution in [3.63, 3.8) is 0 Å². The van der Waals surface area contributed by atoms with Crippen molar-refractivity contribution in [1.29, 1.82) is 0 Å². The van der Waals surface area contributed by atoms with E-state index in [4.69, 9.17) is 5.73 Å². The molecule has 0 bridgehead atoms. The van der Waals surface area contributed by atoms with Gasteiger partial charge in [-0.25, -0.2) is 0 Å². The average molecular weight is 203 g/mol. The lowest BCUT2D eigenvalue weighted by molar-refractivity contribution is 1.07. The number of rotatable bonds is 2. The molecule has 1 nitrogen and oxygen atoms in total. The second-order valence-corrected chi connectivity index (χ2v) is 4.37. The van der Waals surface area contributed by atoms with Crippen molar-refractivity contribution in [3.05, 3.63) is 46.2 Å². The van der Waals surface area contributed by atoms with E-state index in [1.54, 1.807) is 11.3 Å². The standard InChI is InChI=1S/C12H13NS/c1-9-11(6-7-14-9)12-5-3-2-4-10(12)8-13/h2-7H,8,13H2,1H3. The molecule has 2 N–H and O–H groups in total. The average Bonchev–Trinajstić information content (AvgIpc) is 2.64. The molecule has 0 unspecified atom stereocenters. The van der Waals surface area contributed by atoms with Crippen molar-refractivity contribution in [2.24, 2.45) is 5.73 Å². The number of aryl methyl sites for hydroxylation is 1. The van der Waals surface area contributed by atoms with E-state index >= 15 is 0 Å². The third-order valence-electron chi connectivity index (χ3n) is 2.39. The maximum Gasteiger partial charge on any atom is 0.0184 e. The summed E-state index contributed by atoms with van der Waals surface area (Å²) in [4.78, 5) is 1.35. The van der Waals surface area contributed by atoms with Crippen LogP contribution in [-0.4, -0.2) is 0 Å². The Balaban J connectivity index is 2.56. The van der Waals surface area contributed by atoms with Crippen LogP contribution in [-0.2, 0) is 6.54 Å². The van der Waals surface area contributed by atoms with Gasteiger partial charge in [0.2, 0.25) is 0 Å². The molecule has 1 aromatic heterocycles. The van der Waals surface area contributed by atoms with Crippen molar-refractivity contribution < 1.29 is 0 Å². The third kappa shape index (κ3) is 1.59. The van der Waals surface area contributed by atoms with Crippen molar-refractivity contribution in [2.45, 2.75) is 13.5 Å². The smallest absolute Gasteiger partial charge is 0.0184 e. The van der Waals surface area contributed by atoms with E-state index in [1.807, 2.05) is 6.07 Å². The van der Waals surface area contributed by atoms with Gasteiger partial charge in [-0.3, -0.25) is 0 Å². The van der Waals surface area contributed by atoms with Gasteiger partial charge in [0, 0.05) is 11.4 Å². The first-order valence-electron chi connectivity index (χ1n) is 4.65. The van der Waals surface area contributed by atoms with E-state index in [9.17, 15) is 0 Å². The summed E-state index contributed by atoms with van der Waals surface area (Å²) in [6, 6.07) is 10.5. The molecule has 0 saturated carbocycles. The molecule has 0 spiro atoms. The lowest BCUT2D eigenvalue weighted by atomic mass is 10.0. The number of hydrogen-bond donors (Lipinski definition) is 1. The van der Waals surface area contributed by atoms with Crippen LogP contribution in [0.4, 0.5) is 0 Å². The largest absolute Gasteiger partial charge is 0.326 e. The lowest BCUT2D eigenvalue weighted by Gasteiger charge is -2.06. The highest BCUT2D eigenvalue weighted by atomic mass is 32.1. The Morgan fingerprint density at radius 1 is 1.14 bits per heavy atom. The van der Waals surface area contributed by atoms with Crippen LogP contribution in [0.2, 0.25) is 0 Å². The first kappa shape index (κ1) is 9.44. The Morgan fingerprint density at radius 3 is 2.57 bits per heavy atom. The summed E-state index contributed by atoms with van der Waals surface area (Å²) in [6.45, 7) is 2.75. The maximum atomic E-state index is 5.71. The molecule has 0 aliphatic carbocycles. The molecule has 1 aromatic carbocycles. The van der Waals surface area contributed by atoms with Gasteiger partial charge in [0.1, 0.15) is 0 Å². The van der Waals surface area contributed by atoms with Crippen LogP contribution < -0.4 is 5.73 Å². The highest BCUT2D eigenvalue weighted by Gasteiger charge is 2.06. The molecule has 14 heavy (non-hydrogen) atoms. The van der Waals surface area contributed by atoms with Gasteiger partial charge in [0.15, 0.2) is 0 Å². The molecule has 0 aliphatic heterocycles. The molecule has 0 amide bonds. The van der Waals surface area contributed by atoms with Crippen LogP contribution in [0.5, 0.6) is 0 Å². The monoisotopic (exact) mass is 203 g/mol. The van der Waals surface area contributed by atoms with E-state index in [-0.39, 0.29) is 0 Å². The zero-order valence-electron chi connectivity index (χ0n) is 8.16. The first-order chi connectivity index (χ1) is 6.83. The highest BCUT2D eigenvalue weighted by molar-refractivity contribution is 7.10. The predicted molar refractivity (Wildman–Crippen MR) is 62.4 cm³/mol. The zero-order chi connectivity index (χ0) is 9.97. The van der Waals surface area contributed by atoms with Crippen LogP contribution in [0.3, 0.4) is 0 Å². The quantitative estimate of drug-likeness (QED) is 0.797. The van der Waals surface area contributed by atoms with Crippen LogP contribution >= 0.6 is 11.3 Å². The van der Waals surface area contributed by atoms with E-state index in [2.05, 4.69) is 36.6 Å². The second-order valence-electron chi connectivity index (χ2n) is 3.25. The summed E-state index contributed by atoms with van der Waals surface area (Å²) >= 11 is 1.78. The van der Waals surface area contributed by atoms with E-state index < -0.39 is 0 Å². The molecular formula is C12H13NS. The summed E-state index contributed by atoms with van der Waals surface area (Å²) in [6.07, 6.45) is 0. The summed E-state index contributed by atoms with van der Waals surface area (Å²) in [5.74, 6) is 0. The Morgan fingerprint density at radius 2 is 1.93 bits per heavy atom. The van der Waals surface area contributed by atoms with Gasteiger partial charge in [-0.1, -0.05) is 24.3 Å². The van der Waals surface area contributed by atoms with Gasteiger partial charge in [0.05, 0.1) is 0 Å². The Bertz CT molecular complexity index is 431. The van der Waals surface area contributed by atoms with Gasteiger partial charge < -0.3 is 5.73 Å². The van der Waals surface area contributed by atoms with Crippen molar-refractivity contribution in [2.75, 3.05) is 0 Å². The van der Waals surface area contributed by atoms with Gasteiger partial charge >= 0.3 is 0 Å². The molecular weight excluding hydrogens is 190 g/mol. The van der Waals surface area contributed by atoms with Crippen LogP contribution in [0.1, 0.15) is 10.4 Å². The molecule has 0 aliphatic rings. The molecule has 1 heterocycles. The van der Waals surface area contributed by atoms with Gasteiger partial charge in [-0.2, -0.15) is 0 Å². The molecule has 2 rings (SSSR count). The third-order valence-corrected chi connectivity index (χ3v) is 3.23. The molecule has 0 fully saturated rings. The summed E-state index contributed by atoms with van der Waals surface area (Å²) < 4.78 is 0. The topological polar surface area (TPSA) is 26.0 Å². The fourth-order valence-corrected chi connectivity index (χ4v) is 2.34. The Kier molecular flexibility index (Phi) is 2.66. The van der Waals surface area contributed by atoms with Crippen molar-refractivity contribution >= 4 is 11.3 Å². The van der Waals surface area contributed by atoms with Crippen molar-refractivity contribution in [3.8, 4) is 11.1 Å². The fraction of sp³-hybridized carbons (Fsp3) is 0.167. The Labute approximate surface area is 88.2 Å². The molecule has 0 atom stereocenters. The van der Waals surface area contributed by atoms with Gasteiger partial charge in [-0.05, 0) is 35.1 Å². The number of nitrogens with two attached hydrogens (primary N) is 1. The van der Waals surface area contributed by atoms with E-state index in [1.165, 1.54) is 21.6 Å². The van der Waals surface area contributed by atoms with Crippen LogP contribution in [0.15, 0.2) is 35.7 Å². The van der Waals surface area contributed by atoms with Gasteiger partial charge in [-0.15, -0.1) is 11.3 Å². The van der Waals surface area contributed by atoms with Crippen molar-refractivity contribution in [1.82, 2.24) is 0 Å². The van der Waals surface area contributed by atoms with E-state index in [0.717, 1.165) is 0 Å². The Hall–Kier alpha value is -1.12. The number of thiophene rings is 1. The molecule has 2 aromatic rings. The highest BCUT2D eigenvalue weighted by Crippen LogP contribution is 2.29. The maximum absolute atomic E-state index is 5.71. The molecule has 2 heteroatoms. The number of benzene rings is 1. The van der Waals surface area contributed by atoms with Crippen LogP contribution in [0, 0.1) is 6.92 Å². The molecule has 72 valence electrons. The normalized spacial score (nSPS) is 10.4. The summed E-state index contributed by atoms with van der Waals surface area (Å²) in [7, 11) is 0. The first-order valence-corrected chi connectivity index (χ1v) is 5.53. The predicted octanol–water partition coefficient (Wildman–Crippen LogP) is 3.18. The fourth-order valence-electron chi connectivity index (χ4n) is 1.63.